The number of amides is 1. The van der Waals surface area contributed by atoms with Crippen LogP contribution in [0, 0.1) is 0 Å². The monoisotopic (exact) mass is 326 g/mol. The lowest BCUT2D eigenvalue weighted by molar-refractivity contribution is 0.0692. The molecule has 0 fully saturated rings. The van der Waals surface area contributed by atoms with Crippen LogP contribution in [-0.2, 0) is 0 Å². The van der Waals surface area contributed by atoms with Crippen LogP contribution in [0.5, 0.6) is 0 Å². The minimum Gasteiger partial charge on any atom is -0.476 e. The second-order valence-electron chi connectivity index (χ2n) is 3.30. The van der Waals surface area contributed by atoms with Gasteiger partial charge in [-0.25, -0.2) is 9.78 Å². The number of nitrogens with one attached hydrogen (secondary N) is 1. The highest BCUT2D eigenvalue weighted by Gasteiger charge is 2.15. The molecule has 0 aromatic carbocycles. The Morgan fingerprint density at radius 3 is 2.83 bits per heavy atom. The van der Waals surface area contributed by atoms with Gasteiger partial charge in [0.05, 0.1) is 15.0 Å². The molecule has 0 radical (unpaired) electrons. The molecule has 2 heterocycles. The minimum atomic E-state index is -1.18. The number of pyridine rings is 1. The third-order valence-electron chi connectivity index (χ3n) is 2.09. The first kappa shape index (κ1) is 12.7. The molecule has 18 heavy (non-hydrogen) atoms. The second-order valence-corrected chi connectivity index (χ2v) is 5.59. The number of rotatable bonds is 3. The van der Waals surface area contributed by atoms with Crippen molar-refractivity contribution < 1.29 is 14.7 Å². The molecule has 2 aromatic rings. The molecule has 2 N–H and O–H groups in total. The Kier molecular flexibility index (Phi) is 3.73. The summed E-state index contributed by atoms with van der Waals surface area (Å²) in [5, 5.41) is 13.1. The number of halogens is 1. The molecule has 0 atom stereocenters. The van der Waals surface area contributed by atoms with Gasteiger partial charge in [-0.15, -0.1) is 11.3 Å². The van der Waals surface area contributed by atoms with E-state index < -0.39 is 5.97 Å². The summed E-state index contributed by atoms with van der Waals surface area (Å²) < 4.78 is 0.831. The first-order valence-corrected chi connectivity index (χ1v) is 6.49. The van der Waals surface area contributed by atoms with Gasteiger partial charge in [0.25, 0.3) is 5.91 Å². The van der Waals surface area contributed by atoms with Crippen molar-refractivity contribution in [2.75, 3.05) is 5.32 Å². The fourth-order valence-electron chi connectivity index (χ4n) is 1.30. The van der Waals surface area contributed by atoms with Gasteiger partial charge in [0.1, 0.15) is 0 Å². The molecule has 0 bridgehead atoms. The van der Waals surface area contributed by atoms with Crippen molar-refractivity contribution in [3.63, 3.8) is 0 Å². The van der Waals surface area contributed by atoms with Crippen LogP contribution in [0.25, 0.3) is 0 Å². The van der Waals surface area contributed by atoms with E-state index in [9.17, 15) is 9.59 Å². The maximum Gasteiger partial charge on any atom is 0.356 e. The van der Waals surface area contributed by atoms with Gasteiger partial charge in [-0.1, -0.05) is 0 Å². The average Bonchev–Trinajstić information content (AvgIpc) is 2.76. The standard InChI is InChI=1S/C11H7BrN2O3S/c12-8-4-6(5-18-8)10(15)14-7-2-1-3-13-9(7)11(16)17/h1-5H,(H,14,15)(H,16,17). The van der Waals surface area contributed by atoms with Crippen LogP contribution in [0.4, 0.5) is 5.69 Å². The summed E-state index contributed by atoms with van der Waals surface area (Å²) in [5.41, 5.74) is 0.463. The van der Waals surface area contributed by atoms with E-state index in [0.717, 1.165) is 3.79 Å². The first-order valence-electron chi connectivity index (χ1n) is 4.81. The molecule has 0 aliphatic heterocycles. The quantitative estimate of drug-likeness (QED) is 0.908. The highest BCUT2D eigenvalue weighted by molar-refractivity contribution is 9.11. The van der Waals surface area contributed by atoms with Crippen LogP contribution in [0.15, 0.2) is 33.6 Å². The molecule has 7 heteroatoms. The van der Waals surface area contributed by atoms with Crippen LogP contribution in [0.2, 0.25) is 0 Å². The van der Waals surface area contributed by atoms with Gasteiger partial charge in [-0.2, -0.15) is 0 Å². The fraction of sp³-hybridized carbons (Fsp3) is 0. The van der Waals surface area contributed by atoms with Crippen LogP contribution in [-0.4, -0.2) is 22.0 Å². The zero-order valence-corrected chi connectivity index (χ0v) is 11.3. The summed E-state index contributed by atoms with van der Waals surface area (Å²) in [7, 11) is 0. The number of thiophene rings is 1. The van der Waals surface area contributed by atoms with Crippen LogP contribution in [0.3, 0.4) is 0 Å². The number of anilines is 1. The highest BCUT2D eigenvalue weighted by atomic mass is 79.9. The molecular weight excluding hydrogens is 320 g/mol. The average molecular weight is 327 g/mol. The Morgan fingerprint density at radius 2 is 2.22 bits per heavy atom. The number of nitrogens with zero attached hydrogens (tertiary/aromatic N) is 1. The van der Waals surface area contributed by atoms with E-state index in [4.69, 9.17) is 5.11 Å². The van der Waals surface area contributed by atoms with Gasteiger partial charge in [-0.3, -0.25) is 4.79 Å². The van der Waals surface area contributed by atoms with Crippen molar-refractivity contribution in [3.05, 3.63) is 44.8 Å². The van der Waals surface area contributed by atoms with Crippen molar-refractivity contribution in [1.29, 1.82) is 0 Å². The molecule has 0 aliphatic rings. The van der Waals surface area contributed by atoms with Crippen molar-refractivity contribution in [2.45, 2.75) is 0 Å². The number of aromatic carboxylic acids is 1. The molecule has 2 aromatic heterocycles. The Hall–Kier alpha value is -1.73. The smallest absolute Gasteiger partial charge is 0.356 e. The zero-order valence-electron chi connectivity index (χ0n) is 8.88. The van der Waals surface area contributed by atoms with Gasteiger partial charge in [0, 0.05) is 11.6 Å². The van der Waals surface area contributed by atoms with Gasteiger partial charge in [0.2, 0.25) is 0 Å². The number of carbonyl (C=O) groups excluding carboxylic acids is 1. The first-order chi connectivity index (χ1) is 8.58. The molecule has 0 unspecified atom stereocenters. The van der Waals surface area contributed by atoms with Crippen LogP contribution in [0.1, 0.15) is 20.8 Å². The summed E-state index contributed by atoms with van der Waals surface area (Å²) in [5.74, 6) is -1.55. The van der Waals surface area contributed by atoms with E-state index >= 15 is 0 Å². The lowest BCUT2D eigenvalue weighted by Crippen LogP contribution is -2.15. The lowest BCUT2D eigenvalue weighted by atomic mass is 10.2. The molecule has 0 spiro atoms. The van der Waals surface area contributed by atoms with Gasteiger partial charge in [-0.05, 0) is 34.1 Å². The summed E-state index contributed by atoms with van der Waals surface area (Å²) >= 11 is 4.63. The van der Waals surface area contributed by atoms with Crippen LogP contribution >= 0.6 is 27.3 Å². The van der Waals surface area contributed by atoms with Crippen molar-refractivity contribution in [3.8, 4) is 0 Å². The molecule has 0 aliphatic carbocycles. The fourth-order valence-corrected chi connectivity index (χ4v) is 2.44. The summed E-state index contributed by atoms with van der Waals surface area (Å²) in [4.78, 5) is 26.5. The molecule has 1 amide bonds. The number of hydrogen-bond acceptors (Lipinski definition) is 4. The van der Waals surface area contributed by atoms with Gasteiger partial charge >= 0.3 is 5.97 Å². The predicted molar refractivity (Wildman–Crippen MR) is 71.2 cm³/mol. The van der Waals surface area contributed by atoms with Gasteiger partial charge in [0.15, 0.2) is 5.69 Å². The lowest BCUT2D eigenvalue weighted by Gasteiger charge is -2.05. The zero-order chi connectivity index (χ0) is 13.1. The number of carboxylic acids is 1. The van der Waals surface area contributed by atoms with E-state index in [2.05, 4.69) is 26.2 Å². The largest absolute Gasteiger partial charge is 0.476 e. The number of carbonyl (C=O) groups is 2. The van der Waals surface area contributed by atoms with Gasteiger partial charge < -0.3 is 10.4 Å². The number of hydrogen-bond donors (Lipinski definition) is 2. The van der Waals surface area contributed by atoms with E-state index in [1.165, 1.54) is 23.6 Å². The maximum absolute atomic E-state index is 11.9. The van der Waals surface area contributed by atoms with Crippen molar-refractivity contribution in [1.82, 2.24) is 4.98 Å². The molecule has 92 valence electrons. The van der Waals surface area contributed by atoms with Crippen molar-refractivity contribution >= 4 is 44.8 Å². The molecule has 5 nitrogen and oxygen atoms in total. The maximum atomic E-state index is 11.9. The summed E-state index contributed by atoms with van der Waals surface area (Å²) in [6.07, 6.45) is 1.36. The molecular formula is C11H7BrN2O3S. The van der Waals surface area contributed by atoms with Crippen LogP contribution < -0.4 is 5.32 Å². The Labute approximate surface area is 115 Å². The minimum absolute atomic E-state index is 0.178. The van der Waals surface area contributed by atoms with Crippen molar-refractivity contribution in [2.24, 2.45) is 0 Å². The summed E-state index contributed by atoms with van der Waals surface area (Å²) in [6.45, 7) is 0. The third kappa shape index (κ3) is 2.74. The third-order valence-corrected chi connectivity index (χ3v) is 3.59. The SMILES string of the molecule is O=C(Nc1cccnc1C(=O)O)c1csc(Br)c1. The topological polar surface area (TPSA) is 79.3 Å². The Bertz CT molecular complexity index is 612. The number of aromatic nitrogens is 1. The highest BCUT2D eigenvalue weighted by Crippen LogP contribution is 2.22. The molecule has 0 saturated heterocycles. The molecule has 2 rings (SSSR count). The van der Waals surface area contributed by atoms with E-state index in [0.29, 0.717) is 5.56 Å². The van der Waals surface area contributed by atoms with E-state index in [-0.39, 0.29) is 17.3 Å². The second kappa shape index (κ2) is 5.28. The number of carboxylic acid groups (broad SMARTS) is 1. The van der Waals surface area contributed by atoms with E-state index in [1.807, 2.05) is 0 Å². The predicted octanol–water partition coefficient (Wildman–Crippen LogP) is 2.86. The molecule has 0 saturated carbocycles. The Morgan fingerprint density at radius 1 is 1.44 bits per heavy atom. The van der Waals surface area contributed by atoms with E-state index in [1.54, 1.807) is 17.5 Å². The normalized spacial score (nSPS) is 10.1. The summed E-state index contributed by atoms with van der Waals surface area (Å²) in [6, 6.07) is 4.72. The Balaban J connectivity index is 2.24.